The molecule has 0 amide bonds. The Bertz CT molecular complexity index is 1120. The summed E-state index contributed by atoms with van der Waals surface area (Å²) in [4.78, 5) is 29.5. The van der Waals surface area contributed by atoms with E-state index in [2.05, 4.69) is 10.1 Å². The molecule has 2 heterocycles. The highest BCUT2D eigenvalue weighted by Crippen LogP contribution is 2.33. The molecule has 0 radical (unpaired) electrons. The van der Waals surface area contributed by atoms with Crippen LogP contribution in [0.5, 0.6) is 0 Å². The van der Waals surface area contributed by atoms with E-state index in [0.29, 0.717) is 16.0 Å². The van der Waals surface area contributed by atoms with E-state index >= 15 is 0 Å². The van der Waals surface area contributed by atoms with Gasteiger partial charge in [0.05, 0.1) is 16.5 Å². The number of rotatable bonds is 3. The maximum Gasteiger partial charge on any atom is 0.282 e. The van der Waals surface area contributed by atoms with Crippen molar-refractivity contribution in [3.63, 3.8) is 0 Å². The van der Waals surface area contributed by atoms with Crippen LogP contribution in [0, 0.1) is 10.1 Å². The van der Waals surface area contributed by atoms with Gasteiger partial charge in [-0.2, -0.15) is 9.78 Å². The van der Waals surface area contributed by atoms with Crippen molar-refractivity contribution in [2.45, 2.75) is 25.7 Å². The predicted molar refractivity (Wildman–Crippen MR) is 102 cm³/mol. The minimum atomic E-state index is -0.509. The molecule has 0 bridgehead atoms. The van der Waals surface area contributed by atoms with E-state index in [1.807, 2.05) is 0 Å². The Labute approximate surface area is 156 Å². The SMILES string of the molecule is O=c1c2c3c(sc2ncn1/N=C/c1cc([N+](=O)[O-])ccc1Cl)CCCC3. The van der Waals surface area contributed by atoms with Gasteiger partial charge in [0.15, 0.2) is 0 Å². The van der Waals surface area contributed by atoms with Crippen LogP contribution < -0.4 is 5.56 Å². The van der Waals surface area contributed by atoms with Crippen LogP contribution in [0.15, 0.2) is 34.4 Å². The molecular weight excluding hydrogens is 376 g/mol. The minimum absolute atomic E-state index is 0.0938. The summed E-state index contributed by atoms with van der Waals surface area (Å²) in [6.45, 7) is 0. The molecule has 0 unspecified atom stereocenters. The second kappa shape index (κ2) is 6.62. The Kier molecular flexibility index (Phi) is 4.29. The summed E-state index contributed by atoms with van der Waals surface area (Å²) in [5.41, 5.74) is 1.13. The first-order valence-corrected chi connectivity index (χ1v) is 9.24. The monoisotopic (exact) mass is 388 g/mol. The zero-order valence-corrected chi connectivity index (χ0v) is 15.1. The Morgan fingerprint density at radius 3 is 2.96 bits per heavy atom. The third-order valence-corrected chi connectivity index (χ3v) is 5.91. The number of nitrogens with zero attached hydrogens (tertiary/aromatic N) is 4. The van der Waals surface area contributed by atoms with Crippen LogP contribution in [-0.4, -0.2) is 20.8 Å². The highest BCUT2D eigenvalue weighted by molar-refractivity contribution is 7.18. The van der Waals surface area contributed by atoms with Crippen molar-refractivity contribution in [3.05, 3.63) is 66.0 Å². The van der Waals surface area contributed by atoms with Crippen molar-refractivity contribution >= 4 is 45.1 Å². The van der Waals surface area contributed by atoms with Crippen molar-refractivity contribution in [2.24, 2.45) is 5.10 Å². The smallest absolute Gasteiger partial charge is 0.267 e. The fraction of sp³-hybridized carbons (Fsp3) is 0.235. The molecule has 1 aromatic carbocycles. The third-order valence-electron chi connectivity index (χ3n) is 4.37. The molecule has 0 spiro atoms. The molecule has 0 atom stereocenters. The van der Waals surface area contributed by atoms with Crippen LogP contribution in [0.4, 0.5) is 5.69 Å². The second-order valence-electron chi connectivity index (χ2n) is 5.99. The van der Waals surface area contributed by atoms with E-state index in [1.165, 1.54) is 35.6 Å². The van der Waals surface area contributed by atoms with Crippen LogP contribution in [0.2, 0.25) is 5.02 Å². The van der Waals surface area contributed by atoms with Gasteiger partial charge in [-0.1, -0.05) is 11.6 Å². The van der Waals surface area contributed by atoms with Crippen molar-refractivity contribution in [1.29, 1.82) is 0 Å². The van der Waals surface area contributed by atoms with Crippen LogP contribution in [0.25, 0.3) is 10.2 Å². The first kappa shape index (κ1) is 16.9. The highest BCUT2D eigenvalue weighted by Gasteiger charge is 2.19. The largest absolute Gasteiger partial charge is 0.282 e. The van der Waals surface area contributed by atoms with E-state index in [1.54, 1.807) is 11.3 Å². The molecule has 0 saturated carbocycles. The lowest BCUT2D eigenvalue weighted by molar-refractivity contribution is -0.384. The molecule has 2 aromatic heterocycles. The molecule has 7 nitrogen and oxygen atoms in total. The Hall–Kier alpha value is -2.58. The van der Waals surface area contributed by atoms with E-state index in [4.69, 9.17) is 11.6 Å². The number of fused-ring (bicyclic) bond motifs is 3. The number of aryl methyl sites for hydroxylation is 2. The van der Waals surface area contributed by atoms with Crippen molar-refractivity contribution in [2.75, 3.05) is 0 Å². The fourth-order valence-electron chi connectivity index (χ4n) is 3.09. The Morgan fingerprint density at radius 1 is 1.35 bits per heavy atom. The number of nitro benzene ring substituents is 1. The fourth-order valence-corrected chi connectivity index (χ4v) is 4.47. The zero-order chi connectivity index (χ0) is 18.3. The molecule has 1 aliphatic carbocycles. The number of hydrogen-bond acceptors (Lipinski definition) is 6. The number of benzene rings is 1. The van der Waals surface area contributed by atoms with Crippen LogP contribution in [0.3, 0.4) is 0 Å². The van der Waals surface area contributed by atoms with Crippen LogP contribution in [-0.2, 0) is 12.8 Å². The number of hydrogen-bond donors (Lipinski definition) is 0. The molecule has 9 heteroatoms. The van der Waals surface area contributed by atoms with Gasteiger partial charge in [0.2, 0.25) is 0 Å². The lowest BCUT2D eigenvalue weighted by Crippen LogP contribution is -2.18. The zero-order valence-electron chi connectivity index (χ0n) is 13.5. The van der Waals surface area contributed by atoms with Gasteiger partial charge in [-0.05, 0) is 37.3 Å². The first-order valence-electron chi connectivity index (χ1n) is 8.05. The van der Waals surface area contributed by atoms with Gasteiger partial charge >= 0.3 is 0 Å². The number of aromatic nitrogens is 2. The van der Waals surface area contributed by atoms with E-state index in [-0.39, 0.29) is 11.2 Å². The average molecular weight is 389 g/mol. The molecule has 0 aliphatic heterocycles. The summed E-state index contributed by atoms with van der Waals surface area (Å²) < 4.78 is 1.15. The standard InChI is InChI=1S/C17H13ClN4O3S/c18-13-6-5-11(22(24)25)7-10(13)8-20-21-9-19-16-15(17(21)23)12-3-1-2-4-14(12)26-16/h5-9H,1-4H2/b20-8+. The molecule has 4 rings (SSSR count). The summed E-state index contributed by atoms with van der Waals surface area (Å²) in [7, 11) is 0. The molecule has 0 saturated heterocycles. The van der Waals surface area contributed by atoms with Gasteiger partial charge in [0.1, 0.15) is 11.2 Å². The molecule has 0 fully saturated rings. The predicted octanol–water partition coefficient (Wildman–Crippen LogP) is 3.78. The van der Waals surface area contributed by atoms with Crippen LogP contribution >= 0.6 is 22.9 Å². The van der Waals surface area contributed by atoms with Gasteiger partial charge in [-0.3, -0.25) is 14.9 Å². The minimum Gasteiger partial charge on any atom is -0.267 e. The number of non-ortho nitro benzene ring substituents is 1. The third kappa shape index (κ3) is 2.91. The Balaban J connectivity index is 1.77. The van der Waals surface area contributed by atoms with Crippen molar-refractivity contribution in [3.8, 4) is 0 Å². The molecule has 26 heavy (non-hydrogen) atoms. The summed E-state index contributed by atoms with van der Waals surface area (Å²) in [6.07, 6.45) is 6.79. The normalized spacial score (nSPS) is 14.0. The van der Waals surface area contributed by atoms with E-state index < -0.39 is 4.92 Å². The summed E-state index contributed by atoms with van der Waals surface area (Å²) in [5.74, 6) is 0. The summed E-state index contributed by atoms with van der Waals surface area (Å²) in [6, 6.07) is 4.06. The maximum atomic E-state index is 12.8. The molecule has 132 valence electrons. The summed E-state index contributed by atoms with van der Waals surface area (Å²) >= 11 is 7.64. The van der Waals surface area contributed by atoms with Gasteiger partial charge in [-0.15, -0.1) is 11.3 Å². The maximum absolute atomic E-state index is 12.8. The topological polar surface area (TPSA) is 90.4 Å². The number of nitro groups is 1. The molecular formula is C17H13ClN4O3S. The van der Waals surface area contributed by atoms with E-state index in [0.717, 1.165) is 40.8 Å². The van der Waals surface area contributed by atoms with Crippen molar-refractivity contribution < 1.29 is 4.92 Å². The van der Waals surface area contributed by atoms with Gasteiger partial charge in [-0.25, -0.2) is 4.98 Å². The average Bonchev–Trinajstić information content (AvgIpc) is 3.01. The quantitative estimate of drug-likeness (QED) is 0.388. The van der Waals surface area contributed by atoms with Gasteiger partial charge < -0.3 is 0 Å². The second-order valence-corrected chi connectivity index (χ2v) is 7.48. The number of halogens is 1. The van der Waals surface area contributed by atoms with Crippen LogP contribution in [0.1, 0.15) is 28.8 Å². The number of thiophene rings is 1. The van der Waals surface area contributed by atoms with Crippen molar-refractivity contribution in [1.82, 2.24) is 9.66 Å². The van der Waals surface area contributed by atoms with E-state index in [9.17, 15) is 14.9 Å². The van der Waals surface area contributed by atoms with Gasteiger partial charge in [0, 0.05) is 27.6 Å². The lowest BCUT2D eigenvalue weighted by atomic mass is 9.97. The molecule has 0 N–H and O–H groups in total. The van der Waals surface area contributed by atoms with Gasteiger partial charge in [0.25, 0.3) is 11.2 Å². The lowest BCUT2D eigenvalue weighted by Gasteiger charge is -2.09. The summed E-state index contributed by atoms with van der Waals surface area (Å²) in [5, 5.41) is 16.0. The molecule has 3 aromatic rings. The first-order chi connectivity index (χ1) is 12.5. The molecule has 1 aliphatic rings. The highest BCUT2D eigenvalue weighted by atomic mass is 35.5. The Morgan fingerprint density at radius 2 is 2.15 bits per heavy atom.